The summed E-state index contributed by atoms with van der Waals surface area (Å²) in [6, 6.07) is 24.4. The number of carbonyl (C=O) groups excluding carboxylic acids is 1. The summed E-state index contributed by atoms with van der Waals surface area (Å²) in [5, 5.41) is 4.88. The van der Waals surface area contributed by atoms with Gasteiger partial charge in [-0.2, -0.15) is 0 Å². The Balaban J connectivity index is 1.74. The molecule has 4 rings (SSSR count). The van der Waals surface area contributed by atoms with Crippen LogP contribution < -0.4 is 5.32 Å². The predicted octanol–water partition coefficient (Wildman–Crippen LogP) is 6.16. The Bertz CT molecular complexity index is 1160. The summed E-state index contributed by atoms with van der Waals surface area (Å²) in [6.07, 6.45) is 0. The first-order valence-electron chi connectivity index (χ1n) is 10.2. The van der Waals surface area contributed by atoms with Crippen LogP contribution in [0, 0.1) is 13.8 Å². The van der Waals surface area contributed by atoms with Gasteiger partial charge in [0.15, 0.2) is 0 Å². The first-order valence-corrected chi connectivity index (χ1v) is 10.2. The molecule has 4 heteroatoms. The normalized spacial score (nSPS) is 12.0. The molecule has 0 saturated carbocycles. The summed E-state index contributed by atoms with van der Waals surface area (Å²) in [6.45, 7) is 6.39. The molecule has 0 aliphatic heterocycles. The summed E-state index contributed by atoms with van der Waals surface area (Å²) >= 11 is 0. The number of H-pyrrole nitrogens is 1. The SMILES string of the molecule is CCOC(=O)c1ccc(NC(c2ccc(C)cc2)c2c(C)[nH]c3ccccc23)cc1. The molecule has 3 aromatic carbocycles. The lowest BCUT2D eigenvalue weighted by molar-refractivity contribution is 0.0526. The minimum absolute atomic E-state index is 0.0322. The van der Waals surface area contributed by atoms with Crippen LogP contribution in [0.2, 0.25) is 0 Å². The molecule has 0 bridgehead atoms. The monoisotopic (exact) mass is 398 g/mol. The quantitative estimate of drug-likeness (QED) is 0.382. The second kappa shape index (κ2) is 8.46. The lowest BCUT2D eigenvalue weighted by Gasteiger charge is -2.22. The van der Waals surface area contributed by atoms with Gasteiger partial charge in [0.1, 0.15) is 0 Å². The number of ether oxygens (including phenoxy) is 1. The van der Waals surface area contributed by atoms with Gasteiger partial charge < -0.3 is 15.0 Å². The second-order valence-corrected chi connectivity index (χ2v) is 7.50. The Morgan fingerprint density at radius 3 is 2.37 bits per heavy atom. The van der Waals surface area contributed by atoms with Crippen LogP contribution in [0.3, 0.4) is 0 Å². The largest absolute Gasteiger partial charge is 0.462 e. The fourth-order valence-corrected chi connectivity index (χ4v) is 3.84. The maximum atomic E-state index is 12.0. The Hall–Kier alpha value is -3.53. The molecule has 4 nitrogen and oxygen atoms in total. The number of fused-ring (bicyclic) bond motifs is 1. The van der Waals surface area contributed by atoms with Gasteiger partial charge in [-0.05, 0) is 56.7 Å². The van der Waals surface area contributed by atoms with E-state index in [9.17, 15) is 4.79 Å². The van der Waals surface area contributed by atoms with Crippen molar-refractivity contribution in [2.24, 2.45) is 0 Å². The summed E-state index contributed by atoms with van der Waals surface area (Å²) in [5.74, 6) is -0.299. The van der Waals surface area contributed by atoms with Crippen LogP contribution in [-0.2, 0) is 4.74 Å². The number of carbonyl (C=O) groups is 1. The van der Waals surface area contributed by atoms with E-state index in [0.717, 1.165) is 16.9 Å². The highest BCUT2D eigenvalue weighted by Crippen LogP contribution is 2.34. The Morgan fingerprint density at radius 2 is 1.67 bits per heavy atom. The van der Waals surface area contributed by atoms with Gasteiger partial charge in [-0.15, -0.1) is 0 Å². The van der Waals surface area contributed by atoms with Crippen LogP contribution in [0.1, 0.15) is 45.7 Å². The number of esters is 1. The second-order valence-electron chi connectivity index (χ2n) is 7.50. The molecule has 1 atom stereocenters. The molecule has 0 amide bonds. The van der Waals surface area contributed by atoms with Crippen molar-refractivity contribution in [1.29, 1.82) is 0 Å². The van der Waals surface area contributed by atoms with Gasteiger partial charge in [0.05, 0.1) is 18.2 Å². The Labute approximate surface area is 176 Å². The molecule has 0 saturated heterocycles. The van der Waals surface area contributed by atoms with Crippen LogP contribution in [0.25, 0.3) is 10.9 Å². The summed E-state index contributed by atoms with van der Waals surface area (Å²) in [5.41, 5.74) is 7.40. The van der Waals surface area contributed by atoms with Gasteiger partial charge >= 0.3 is 5.97 Å². The minimum atomic E-state index is -0.299. The molecule has 1 aromatic heterocycles. The van der Waals surface area contributed by atoms with Crippen LogP contribution >= 0.6 is 0 Å². The van der Waals surface area contributed by atoms with Gasteiger partial charge in [-0.1, -0.05) is 48.0 Å². The van der Waals surface area contributed by atoms with Crippen molar-refractivity contribution in [2.75, 3.05) is 11.9 Å². The zero-order chi connectivity index (χ0) is 21.1. The van der Waals surface area contributed by atoms with Crippen LogP contribution in [0.5, 0.6) is 0 Å². The lowest BCUT2D eigenvalue weighted by atomic mass is 9.95. The van der Waals surface area contributed by atoms with E-state index in [2.05, 4.69) is 66.6 Å². The van der Waals surface area contributed by atoms with Crippen molar-refractivity contribution in [3.8, 4) is 0 Å². The van der Waals surface area contributed by atoms with Crippen molar-refractivity contribution in [3.63, 3.8) is 0 Å². The molecule has 2 N–H and O–H groups in total. The molecule has 0 fully saturated rings. The Kier molecular flexibility index (Phi) is 5.57. The fourth-order valence-electron chi connectivity index (χ4n) is 3.84. The van der Waals surface area contributed by atoms with E-state index in [1.54, 1.807) is 12.1 Å². The summed E-state index contributed by atoms with van der Waals surface area (Å²) in [7, 11) is 0. The zero-order valence-electron chi connectivity index (χ0n) is 17.5. The molecule has 0 radical (unpaired) electrons. The average molecular weight is 399 g/mol. The number of aryl methyl sites for hydroxylation is 2. The highest BCUT2D eigenvalue weighted by molar-refractivity contribution is 5.90. The van der Waals surface area contributed by atoms with E-state index in [-0.39, 0.29) is 12.0 Å². The molecular formula is C26H26N2O2. The molecule has 30 heavy (non-hydrogen) atoms. The number of benzene rings is 3. The van der Waals surface area contributed by atoms with Crippen LogP contribution in [-0.4, -0.2) is 17.6 Å². The molecule has 4 aromatic rings. The lowest BCUT2D eigenvalue weighted by Crippen LogP contribution is -2.13. The van der Waals surface area contributed by atoms with Gasteiger partial charge in [-0.25, -0.2) is 4.79 Å². The van der Waals surface area contributed by atoms with Crippen LogP contribution in [0.15, 0.2) is 72.8 Å². The standard InChI is InChI=1S/C26H26N2O2/c1-4-30-26(29)20-13-15-21(16-14-20)28-25(19-11-9-17(2)10-12-19)24-18(3)27-23-8-6-5-7-22(23)24/h5-16,25,27-28H,4H2,1-3H3. The number of aromatic amines is 1. The number of hydrogen-bond acceptors (Lipinski definition) is 3. The minimum Gasteiger partial charge on any atom is -0.462 e. The topological polar surface area (TPSA) is 54.1 Å². The highest BCUT2D eigenvalue weighted by atomic mass is 16.5. The van der Waals surface area contributed by atoms with E-state index < -0.39 is 0 Å². The number of anilines is 1. The van der Waals surface area contributed by atoms with Crippen molar-refractivity contribution in [2.45, 2.75) is 26.8 Å². The fraction of sp³-hybridized carbons (Fsp3) is 0.192. The molecule has 0 spiro atoms. The molecule has 1 heterocycles. The number of para-hydroxylation sites is 1. The van der Waals surface area contributed by atoms with E-state index in [1.807, 2.05) is 25.1 Å². The van der Waals surface area contributed by atoms with Crippen molar-refractivity contribution < 1.29 is 9.53 Å². The van der Waals surface area contributed by atoms with Crippen molar-refractivity contribution in [3.05, 3.63) is 101 Å². The molecule has 152 valence electrons. The van der Waals surface area contributed by atoms with Gasteiger partial charge in [-0.3, -0.25) is 0 Å². The first-order chi connectivity index (χ1) is 14.6. The number of hydrogen-bond donors (Lipinski definition) is 2. The van der Waals surface area contributed by atoms with Gasteiger partial charge in [0.25, 0.3) is 0 Å². The van der Waals surface area contributed by atoms with Crippen LogP contribution in [0.4, 0.5) is 5.69 Å². The third kappa shape index (κ3) is 3.94. The third-order valence-electron chi connectivity index (χ3n) is 5.35. The van der Waals surface area contributed by atoms with Gasteiger partial charge in [0.2, 0.25) is 0 Å². The van der Waals surface area contributed by atoms with E-state index in [0.29, 0.717) is 12.2 Å². The number of rotatable bonds is 6. The van der Waals surface area contributed by atoms with Crippen molar-refractivity contribution >= 4 is 22.6 Å². The first kappa shape index (κ1) is 19.8. The summed E-state index contributed by atoms with van der Waals surface area (Å²) in [4.78, 5) is 15.5. The molecular weight excluding hydrogens is 372 g/mol. The highest BCUT2D eigenvalue weighted by Gasteiger charge is 2.21. The smallest absolute Gasteiger partial charge is 0.338 e. The maximum absolute atomic E-state index is 12.0. The molecule has 1 unspecified atom stereocenters. The Morgan fingerprint density at radius 1 is 0.967 bits per heavy atom. The maximum Gasteiger partial charge on any atom is 0.338 e. The summed E-state index contributed by atoms with van der Waals surface area (Å²) < 4.78 is 5.09. The number of aromatic nitrogens is 1. The predicted molar refractivity (Wildman–Crippen MR) is 122 cm³/mol. The zero-order valence-corrected chi connectivity index (χ0v) is 17.5. The number of nitrogens with one attached hydrogen (secondary N) is 2. The van der Waals surface area contributed by atoms with E-state index in [4.69, 9.17) is 4.74 Å². The van der Waals surface area contributed by atoms with E-state index in [1.165, 1.54) is 22.1 Å². The molecule has 0 aliphatic carbocycles. The van der Waals surface area contributed by atoms with Crippen molar-refractivity contribution in [1.82, 2.24) is 4.98 Å². The average Bonchev–Trinajstić information content (AvgIpc) is 3.09. The third-order valence-corrected chi connectivity index (χ3v) is 5.35. The molecule has 0 aliphatic rings. The van der Waals surface area contributed by atoms with Gasteiger partial charge in [0, 0.05) is 27.8 Å². The van der Waals surface area contributed by atoms with E-state index >= 15 is 0 Å².